The molecule has 2 N–H and O–H groups in total. The zero-order chi connectivity index (χ0) is 13.9. The molecule has 4 nitrogen and oxygen atoms in total. The third-order valence-electron chi connectivity index (χ3n) is 2.91. The average molecular weight is 274 g/mol. The summed E-state index contributed by atoms with van der Waals surface area (Å²) in [6, 6.07) is 7.27. The minimum absolute atomic E-state index is 0.217. The predicted octanol–water partition coefficient (Wildman–Crippen LogP) is 2.89. The van der Waals surface area contributed by atoms with Crippen molar-refractivity contribution >= 4 is 16.9 Å². The van der Waals surface area contributed by atoms with Gasteiger partial charge in [0.1, 0.15) is 11.6 Å². The number of anilines is 1. The number of rotatable bonds is 4. The van der Waals surface area contributed by atoms with E-state index in [4.69, 9.17) is 0 Å². The van der Waals surface area contributed by atoms with Gasteiger partial charge in [0.2, 0.25) is 0 Å². The molecule has 0 saturated carbocycles. The molecule has 0 aliphatic rings. The van der Waals surface area contributed by atoms with E-state index in [1.54, 1.807) is 6.07 Å². The van der Waals surface area contributed by atoms with Crippen LogP contribution in [0.2, 0.25) is 0 Å². The molecule has 0 unspecified atom stereocenters. The van der Waals surface area contributed by atoms with Crippen LogP contribution in [0.1, 0.15) is 5.82 Å². The SMILES string of the molecule is Fc1ccc2nc(CCNc3ncccc3F)[nH]c2c1. The fourth-order valence-electron chi connectivity index (χ4n) is 1.97. The van der Waals surface area contributed by atoms with Gasteiger partial charge >= 0.3 is 0 Å². The van der Waals surface area contributed by atoms with Gasteiger partial charge in [0.15, 0.2) is 11.6 Å². The number of nitrogens with one attached hydrogen (secondary N) is 2. The van der Waals surface area contributed by atoms with Crippen molar-refractivity contribution in [3.05, 3.63) is 54.0 Å². The molecule has 20 heavy (non-hydrogen) atoms. The Hall–Kier alpha value is -2.50. The fraction of sp³-hybridized carbons (Fsp3) is 0.143. The number of nitrogens with zero attached hydrogens (tertiary/aromatic N) is 2. The number of aromatic amines is 1. The number of fused-ring (bicyclic) bond motifs is 1. The molecule has 0 atom stereocenters. The summed E-state index contributed by atoms with van der Waals surface area (Å²) < 4.78 is 26.4. The molecule has 0 saturated heterocycles. The topological polar surface area (TPSA) is 53.6 Å². The monoisotopic (exact) mass is 274 g/mol. The number of hydrogen-bond donors (Lipinski definition) is 2. The van der Waals surface area contributed by atoms with Crippen molar-refractivity contribution in [2.45, 2.75) is 6.42 Å². The molecule has 0 spiro atoms. The highest BCUT2D eigenvalue weighted by atomic mass is 19.1. The molecule has 0 aliphatic heterocycles. The second-order valence-corrected chi connectivity index (χ2v) is 4.36. The highest BCUT2D eigenvalue weighted by molar-refractivity contribution is 5.74. The molecule has 102 valence electrons. The number of imidazole rings is 1. The zero-order valence-corrected chi connectivity index (χ0v) is 10.5. The van der Waals surface area contributed by atoms with Crippen LogP contribution in [0, 0.1) is 11.6 Å². The summed E-state index contributed by atoms with van der Waals surface area (Å²) in [6.45, 7) is 0.482. The zero-order valence-electron chi connectivity index (χ0n) is 10.5. The molecule has 0 radical (unpaired) electrons. The van der Waals surface area contributed by atoms with Gasteiger partial charge in [0.05, 0.1) is 11.0 Å². The summed E-state index contributed by atoms with van der Waals surface area (Å²) >= 11 is 0. The Balaban J connectivity index is 1.67. The predicted molar refractivity (Wildman–Crippen MR) is 72.4 cm³/mol. The lowest BCUT2D eigenvalue weighted by Crippen LogP contribution is -2.08. The third kappa shape index (κ3) is 2.59. The van der Waals surface area contributed by atoms with Crippen LogP contribution in [0.25, 0.3) is 11.0 Å². The van der Waals surface area contributed by atoms with E-state index in [1.807, 2.05) is 0 Å². The smallest absolute Gasteiger partial charge is 0.165 e. The van der Waals surface area contributed by atoms with Crippen LogP contribution in [0.4, 0.5) is 14.6 Å². The minimum atomic E-state index is -0.390. The van der Waals surface area contributed by atoms with Gasteiger partial charge < -0.3 is 10.3 Å². The molecule has 2 aromatic heterocycles. The van der Waals surface area contributed by atoms with Crippen molar-refractivity contribution < 1.29 is 8.78 Å². The lowest BCUT2D eigenvalue weighted by molar-refractivity contribution is 0.624. The van der Waals surface area contributed by atoms with E-state index in [9.17, 15) is 8.78 Å². The van der Waals surface area contributed by atoms with Crippen molar-refractivity contribution in [1.82, 2.24) is 15.0 Å². The van der Waals surface area contributed by atoms with E-state index in [1.165, 1.54) is 30.5 Å². The van der Waals surface area contributed by atoms with Gasteiger partial charge in [0.25, 0.3) is 0 Å². The van der Waals surface area contributed by atoms with Gasteiger partial charge in [-0.05, 0) is 30.3 Å². The number of halogens is 2. The molecule has 0 fully saturated rings. The maximum absolute atomic E-state index is 13.3. The summed E-state index contributed by atoms with van der Waals surface area (Å²) in [4.78, 5) is 11.3. The van der Waals surface area contributed by atoms with E-state index in [0.29, 0.717) is 24.0 Å². The van der Waals surface area contributed by atoms with Crippen molar-refractivity contribution in [2.75, 3.05) is 11.9 Å². The summed E-state index contributed by atoms with van der Waals surface area (Å²) in [5.74, 6) is 0.240. The normalized spacial score (nSPS) is 10.9. The van der Waals surface area contributed by atoms with Crippen molar-refractivity contribution in [3.63, 3.8) is 0 Å². The van der Waals surface area contributed by atoms with Gasteiger partial charge in [-0.1, -0.05) is 0 Å². The molecule has 0 bridgehead atoms. The fourth-order valence-corrected chi connectivity index (χ4v) is 1.97. The van der Waals surface area contributed by atoms with Gasteiger partial charge in [-0.25, -0.2) is 18.7 Å². The first-order valence-electron chi connectivity index (χ1n) is 6.21. The Morgan fingerprint density at radius 1 is 1.20 bits per heavy atom. The van der Waals surface area contributed by atoms with E-state index >= 15 is 0 Å². The van der Waals surface area contributed by atoms with Gasteiger partial charge in [-0.2, -0.15) is 0 Å². The Bertz CT molecular complexity index is 739. The lowest BCUT2D eigenvalue weighted by atomic mass is 10.3. The standard InChI is InChI=1S/C14H12F2N4/c15-9-3-4-11-12(8-9)20-13(19-11)5-7-18-14-10(16)2-1-6-17-14/h1-4,6,8H,5,7H2,(H,17,18)(H,19,20). The van der Waals surface area contributed by atoms with Gasteiger partial charge in [0, 0.05) is 19.2 Å². The number of pyridine rings is 1. The maximum Gasteiger partial charge on any atom is 0.165 e. The molecule has 2 heterocycles. The van der Waals surface area contributed by atoms with E-state index in [2.05, 4.69) is 20.3 Å². The molecule has 3 aromatic rings. The Morgan fingerprint density at radius 3 is 2.95 bits per heavy atom. The molecule has 6 heteroatoms. The summed E-state index contributed by atoms with van der Waals surface area (Å²) in [6.07, 6.45) is 2.09. The van der Waals surface area contributed by atoms with Crippen LogP contribution in [0.5, 0.6) is 0 Å². The van der Waals surface area contributed by atoms with Crippen molar-refractivity contribution in [2.24, 2.45) is 0 Å². The first kappa shape index (κ1) is 12.5. The summed E-state index contributed by atoms with van der Waals surface area (Å²) in [7, 11) is 0. The van der Waals surface area contributed by atoms with Gasteiger partial charge in [-0.15, -0.1) is 0 Å². The van der Waals surface area contributed by atoms with E-state index in [-0.39, 0.29) is 17.5 Å². The Morgan fingerprint density at radius 2 is 2.10 bits per heavy atom. The van der Waals surface area contributed by atoms with Crippen molar-refractivity contribution in [3.8, 4) is 0 Å². The average Bonchev–Trinajstić information content (AvgIpc) is 2.83. The quantitative estimate of drug-likeness (QED) is 0.769. The first-order chi connectivity index (χ1) is 9.72. The highest BCUT2D eigenvalue weighted by Gasteiger charge is 2.05. The minimum Gasteiger partial charge on any atom is -0.367 e. The third-order valence-corrected chi connectivity index (χ3v) is 2.91. The number of hydrogen-bond acceptors (Lipinski definition) is 3. The molecule has 0 amide bonds. The largest absolute Gasteiger partial charge is 0.367 e. The lowest BCUT2D eigenvalue weighted by Gasteiger charge is -2.04. The van der Waals surface area contributed by atoms with Crippen LogP contribution in [-0.4, -0.2) is 21.5 Å². The molecule has 3 rings (SSSR count). The molecular weight excluding hydrogens is 262 g/mol. The van der Waals surface area contributed by atoms with E-state index in [0.717, 1.165) is 5.82 Å². The van der Waals surface area contributed by atoms with Crippen LogP contribution in [0.15, 0.2) is 36.5 Å². The second kappa shape index (κ2) is 5.24. The van der Waals surface area contributed by atoms with E-state index < -0.39 is 0 Å². The maximum atomic E-state index is 13.3. The first-order valence-corrected chi connectivity index (χ1v) is 6.21. The van der Waals surface area contributed by atoms with Crippen LogP contribution in [-0.2, 0) is 6.42 Å². The Kier molecular flexibility index (Phi) is 3.28. The Labute approximate surface area is 113 Å². The molecular formula is C14H12F2N4. The number of benzene rings is 1. The van der Waals surface area contributed by atoms with Gasteiger partial charge in [-0.3, -0.25) is 0 Å². The second-order valence-electron chi connectivity index (χ2n) is 4.36. The number of aromatic nitrogens is 3. The van der Waals surface area contributed by atoms with Crippen LogP contribution < -0.4 is 5.32 Å². The van der Waals surface area contributed by atoms with Crippen LogP contribution in [0.3, 0.4) is 0 Å². The van der Waals surface area contributed by atoms with Crippen molar-refractivity contribution in [1.29, 1.82) is 0 Å². The highest BCUT2D eigenvalue weighted by Crippen LogP contribution is 2.13. The summed E-state index contributed by atoms with van der Waals surface area (Å²) in [5, 5.41) is 2.90. The van der Waals surface area contributed by atoms with Crippen LogP contribution >= 0.6 is 0 Å². The summed E-state index contributed by atoms with van der Waals surface area (Å²) in [5.41, 5.74) is 1.37. The molecule has 1 aromatic carbocycles. The molecule has 0 aliphatic carbocycles. The number of H-pyrrole nitrogens is 1.